The summed E-state index contributed by atoms with van der Waals surface area (Å²) in [6.45, 7) is 12.6. The molecule has 31 heavy (non-hydrogen) atoms. The van der Waals surface area contributed by atoms with Crippen molar-refractivity contribution in [3.63, 3.8) is 0 Å². The monoisotopic (exact) mass is 471 g/mol. The minimum absolute atomic E-state index is 0.107. The van der Waals surface area contributed by atoms with E-state index in [1.807, 2.05) is 0 Å². The molecule has 174 valence electrons. The van der Waals surface area contributed by atoms with Crippen LogP contribution < -0.4 is 5.32 Å². The van der Waals surface area contributed by atoms with Crippen molar-refractivity contribution >= 4 is 27.5 Å². The highest BCUT2D eigenvalue weighted by molar-refractivity contribution is 7.89. The van der Waals surface area contributed by atoms with Crippen molar-refractivity contribution in [2.75, 3.05) is 45.9 Å². The number of rotatable bonds is 6. The van der Waals surface area contributed by atoms with Crippen molar-refractivity contribution < 1.29 is 17.9 Å². The predicted molar refractivity (Wildman–Crippen MR) is 122 cm³/mol. The van der Waals surface area contributed by atoms with Crippen LogP contribution in [-0.2, 0) is 14.8 Å². The Labute approximate surface area is 191 Å². The number of sulfonamides is 1. The molecule has 1 N–H and O–H groups in total. The second-order valence-electron chi connectivity index (χ2n) is 9.50. The van der Waals surface area contributed by atoms with E-state index in [9.17, 15) is 13.2 Å². The van der Waals surface area contributed by atoms with Crippen LogP contribution in [0.25, 0.3) is 0 Å². The van der Waals surface area contributed by atoms with Gasteiger partial charge in [-0.2, -0.15) is 4.31 Å². The largest absolute Gasteiger partial charge is 0.379 e. The number of nitrogens with zero attached hydrogens (tertiary/aromatic N) is 2. The van der Waals surface area contributed by atoms with Crippen LogP contribution in [0.2, 0.25) is 5.02 Å². The molecule has 2 heterocycles. The zero-order valence-corrected chi connectivity index (χ0v) is 20.4. The van der Waals surface area contributed by atoms with Gasteiger partial charge in [0.25, 0.3) is 5.91 Å². The van der Waals surface area contributed by atoms with Gasteiger partial charge in [0, 0.05) is 38.3 Å². The van der Waals surface area contributed by atoms with Gasteiger partial charge in [-0.3, -0.25) is 9.69 Å². The van der Waals surface area contributed by atoms with Gasteiger partial charge < -0.3 is 10.1 Å². The maximum absolute atomic E-state index is 13.2. The van der Waals surface area contributed by atoms with Crippen LogP contribution in [0.15, 0.2) is 23.1 Å². The Kier molecular flexibility index (Phi) is 7.69. The Bertz CT molecular complexity index is 890. The van der Waals surface area contributed by atoms with E-state index < -0.39 is 10.0 Å². The molecule has 7 nitrogen and oxygen atoms in total. The maximum atomic E-state index is 13.2. The number of ether oxygens (including phenoxy) is 1. The second-order valence-corrected chi connectivity index (χ2v) is 11.8. The van der Waals surface area contributed by atoms with E-state index in [1.165, 1.54) is 22.5 Å². The number of hydrogen-bond acceptors (Lipinski definition) is 5. The summed E-state index contributed by atoms with van der Waals surface area (Å²) in [7, 11) is -3.69. The third-order valence-corrected chi connectivity index (χ3v) is 8.36. The summed E-state index contributed by atoms with van der Waals surface area (Å²) in [5, 5.41) is 3.17. The number of hydrogen-bond donors (Lipinski definition) is 1. The molecule has 1 aromatic rings. The minimum atomic E-state index is -3.69. The fourth-order valence-corrected chi connectivity index (χ4v) is 6.37. The molecule has 0 aliphatic carbocycles. The number of benzene rings is 1. The van der Waals surface area contributed by atoms with Crippen molar-refractivity contribution in [1.82, 2.24) is 14.5 Å². The normalized spacial score (nSPS) is 24.2. The zero-order chi connectivity index (χ0) is 22.8. The van der Waals surface area contributed by atoms with Gasteiger partial charge in [-0.25, -0.2) is 8.42 Å². The molecular formula is C22H34ClN3O4S. The molecule has 0 bridgehead atoms. The molecule has 2 aliphatic rings. The van der Waals surface area contributed by atoms with Crippen LogP contribution in [0.3, 0.4) is 0 Å². The van der Waals surface area contributed by atoms with Crippen molar-refractivity contribution in [2.45, 2.75) is 44.6 Å². The van der Waals surface area contributed by atoms with Crippen molar-refractivity contribution in [3.8, 4) is 0 Å². The maximum Gasteiger partial charge on any atom is 0.252 e. The highest BCUT2D eigenvalue weighted by atomic mass is 35.5. The summed E-state index contributed by atoms with van der Waals surface area (Å²) in [6, 6.07) is 4.38. The molecule has 2 fully saturated rings. The number of halogens is 1. The highest BCUT2D eigenvalue weighted by Gasteiger charge is 2.33. The lowest BCUT2D eigenvalue weighted by molar-refractivity contribution is -0.00923. The van der Waals surface area contributed by atoms with Crippen LogP contribution in [0.5, 0.6) is 0 Å². The van der Waals surface area contributed by atoms with Gasteiger partial charge in [-0.05, 0) is 50.3 Å². The molecule has 0 saturated carbocycles. The quantitative estimate of drug-likeness (QED) is 0.690. The zero-order valence-electron chi connectivity index (χ0n) is 18.9. The van der Waals surface area contributed by atoms with Crippen molar-refractivity contribution in [1.29, 1.82) is 0 Å². The molecule has 2 unspecified atom stereocenters. The van der Waals surface area contributed by atoms with Gasteiger partial charge in [-0.1, -0.05) is 25.4 Å². The van der Waals surface area contributed by atoms with Crippen LogP contribution in [0.4, 0.5) is 0 Å². The molecule has 2 aliphatic heterocycles. The average Bonchev–Trinajstić information content (AvgIpc) is 2.72. The number of carbonyl (C=O) groups excluding carboxylic acids is 1. The molecule has 1 amide bonds. The lowest BCUT2D eigenvalue weighted by atomic mass is 9.94. The third kappa shape index (κ3) is 5.79. The van der Waals surface area contributed by atoms with Crippen molar-refractivity contribution in [3.05, 3.63) is 28.8 Å². The average molecular weight is 472 g/mol. The van der Waals surface area contributed by atoms with E-state index in [0.29, 0.717) is 44.7 Å². The Morgan fingerprint density at radius 2 is 1.81 bits per heavy atom. The SMILES string of the molecule is CC1CC(C)CN(S(=O)(=O)c2ccc(Cl)c(C(=O)NCC(C)(C)N3CCOCC3)c2)C1. The van der Waals surface area contributed by atoms with E-state index in [1.54, 1.807) is 0 Å². The number of nitrogens with one attached hydrogen (secondary N) is 1. The van der Waals surface area contributed by atoms with Crippen LogP contribution in [0.1, 0.15) is 44.5 Å². The lowest BCUT2D eigenvalue weighted by Gasteiger charge is -2.40. The molecule has 2 saturated heterocycles. The van der Waals surface area contributed by atoms with Gasteiger partial charge in [0.1, 0.15) is 0 Å². The van der Waals surface area contributed by atoms with Crippen LogP contribution >= 0.6 is 11.6 Å². The molecule has 2 atom stereocenters. The first kappa shape index (κ1) is 24.5. The summed E-state index contributed by atoms with van der Waals surface area (Å²) < 4.78 is 33.4. The lowest BCUT2D eigenvalue weighted by Crippen LogP contribution is -2.55. The van der Waals surface area contributed by atoms with E-state index in [-0.39, 0.29) is 26.9 Å². The van der Waals surface area contributed by atoms with E-state index >= 15 is 0 Å². The van der Waals surface area contributed by atoms with Crippen LogP contribution in [0, 0.1) is 11.8 Å². The number of morpholine rings is 1. The number of carbonyl (C=O) groups is 1. The van der Waals surface area contributed by atoms with Crippen LogP contribution in [-0.4, -0.2) is 75.0 Å². The van der Waals surface area contributed by atoms with Crippen molar-refractivity contribution in [2.24, 2.45) is 11.8 Å². The first-order valence-corrected chi connectivity index (χ1v) is 12.7. The Morgan fingerprint density at radius 1 is 1.19 bits per heavy atom. The first-order valence-electron chi connectivity index (χ1n) is 10.9. The summed E-state index contributed by atoms with van der Waals surface area (Å²) in [5.41, 5.74) is -0.0750. The van der Waals surface area contributed by atoms with Gasteiger partial charge >= 0.3 is 0 Å². The number of amides is 1. The standard InChI is InChI=1S/C22H34ClN3O4S/c1-16-11-17(2)14-26(13-16)31(28,29)18-5-6-20(23)19(12-18)21(27)24-15-22(3,4)25-7-9-30-10-8-25/h5-6,12,16-17H,7-11,13-15H2,1-4H3,(H,24,27). The fourth-order valence-electron chi connectivity index (χ4n) is 4.46. The van der Waals surface area contributed by atoms with E-state index in [4.69, 9.17) is 16.3 Å². The van der Waals surface area contributed by atoms with Gasteiger partial charge in [0.15, 0.2) is 0 Å². The predicted octanol–water partition coefficient (Wildman–Crippen LogP) is 2.85. The topological polar surface area (TPSA) is 79.0 Å². The third-order valence-electron chi connectivity index (χ3n) is 6.20. The summed E-state index contributed by atoms with van der Waals surface area (Å²) in [4.78, 5) is 15.3. The number of piperidine rings is 1. The minimum Gasteiger partial charge on any atom is -0.379 e. The molecule has 0 radical (unpaired) electrons. The van der Waals surface area contributed by atoms with E-state index in [2.05, 4.69) is 37.9 Å². The molecule has 3 rings (SSSR count). The molecule has 9 heteroatoms. The molecule has 1 aromatic carbocycles. The molecule has 0 aromatic heterocycles. The van der Waals surface area contributed by atoms with Gasteiger partial charge in [-0.15, -0.1) is 0 Å². The smallest absolute Gasteiger partial charge is 0.252 e. The second kappa shape index (κ2) is 9.75. The Balaban J connectivity index is 1.75. The molecular weight excluding hydrogens is 438 g/mol. The Hall–Kier alpha value is -1.19. The fraction of sp³-hybridized carbons (Fsp3) is 0.682. The molecule has 0 spiro atoms. The highest BCUT2D eigenvalue weighted by Crippen LogP contribution is 2.28. The van der Waals surface area contributed by atoms with Gasteiger partial charge in [0.05, 0.1) is 28.7 Å². The summed E-state index contributed by atoms with van der Waals surface area (Å²) >= 11 is 6.28. The van der Waals surface area contributed by atoms with Gasteiger partial charge in [0.2, 0.25) is 10.0 Å². The summed E-state index contributed by atoms with van der Waals surface area (Å²) in [6.07, 6.45) is 1.01. The summed E-state index contributed by atoms with van der Waals surface area (Å²) in [5.74, 6) is 0.232. The Morgan fingerprint density at radius 3 is 2.42 bits per heavy atom. The van der Waals surface area contributed by atoms with E-state index in [0.717, 1.165) is 19.5 Å². The first-order chi connectivity index (χ1) is 14.5.